The summed E-state index contributed by atoms with van der Waals surface area (Å²) in [5, 5.41) is 8.36. The molecule has 0 radical (unpaired) electrons. The van der Waals surface area contributed by atoms with E-state index < -0.39 is 0 Å². The summed E-state index contributed by atoms with van der Waals surface area (Å²) in [6, 6.07) is 18.9. The van der Waals surface area contributed by atoms with Gasteiger partial charge in [-0.3, -0.25) is 9.58 Å². The topological polar surface area (TPSA) is 33.1 Å². The van der Waals surface area contributed by atoms with Crippen LogP contribution in [0.25, 0.3) is 11.3 Å². The molecule has 32 heavy (non-hydrogen) atoms. The number of rotatable bonds is 5. The number of fused-ring (bicyclic) bond motifs is 1. The average molecular weight is 451 g/mol. The van der Waals surface area contributed by atoms with Gasteiger partial charge in [0.1, 0.15) is 11.6 Å². The van der Waals surface area contributed by atoms with Gasteiger partial charge in [0.25, 0.3) is 0 Å². The molecule has 0 unspecified atom stereocenters. The first-order valence-electron chi connectivity index (χ1n) is 10.3. The fourth-order valence-corrected chi connectivity index (χ4v) is 4.37. The third-order valence-corrected chi connectivity index (χ3v) is 5.89. The Morgan fingerprint density at radius 3 is 2.66 bits per heavy atom. The summed E-state index contributed by atoms with van der Waals surface area (Å²) >= 11 is 6.15. The molecule has 0 atom stereocenters. The summed E-state index contributed by atoms with van der Waals surface area (Å²) < 4.78 is 29.9. The predicted molar refractivity (Wildman–Crippen MR) is 123 cm³/mol. The van der Waals surface area contributed by atoms with Crippen LogP contribution in [0.2, 0.25) is 5.02 Å². The van der Waals surface area contributed by atoms with Crippen LogP contribution < -0.4 is 5.32 Å². The number of nitrogens with one attached hydrogen (secondary N) is 1. The van der Waals surface area contributed by atoms with Gasteiger partial charge in [-0.2, -0.15) is 5.10 Å². The highest BCUT2D eigenvalue weighted by Crippen LogP contribution is 2.34. The van der Waals surface area contributed by atoms with Gasteiger partial charge < -0.3 is 5.32 Å². The van der Waals surface area contributed by atoms with Crippen LogP contribution in [-0.2, 0) is 19.6 Å². The van der Waals surface area contributed by atoms with Crippen LogP contribution in [0.3, 0.4) is 0 Å². The van der Waals surface area contributed by atoms with Gasteiger partial charge in [-0.25, -0.2) is 8.78 Å². The molecule has 4 nitrogen and oxygen atoms in total. The van der Waals surface area contributed by atoms with Crippen molar-refractivity contribution in [2.24, 2.45) is 0 Å². The molecule has 5 rings (SSSR count). The molecule has 0 saturated carbocycles. The number of aromatic nitrogens is 2. The van der Waals surface area contributed by atoms with Crippen molar-refractivity contribution in [2.45, 2.75) is 19.6 Å². The van der Waals surface area contributed by atoms with Crippen molar-refractivity contribution < 1.29 is 8.78 Å². The maximum atomic E-state index is 14.7. The number of hydrogen-bond donors (Lipinski definition) is 1. The van der Waals surface area contributed by atoms with Gasteiger partial charge in [-0.1, -0.05) is 35.9 Å². The van der Waals surface area contributed by atoms with Crippen LogP contribution in [-0.4, -0.2) is 21.7 Å². The molecular formula is C25H21ClF2N4. The standard InChI is InChI=1S/C25H21ClF2N4/c1-31-14-20-24(15-31)30-32(25(20)19-7-2-3-8-22(19)28)13-16-5-4-6-18(11-16)29-23-10-9-17(27)12-21(23)26/h2-12,29H,13-15H2,1H3. The van der Waals surface area contributed by atoms with E-state index in [1.165, 1.54) is 18.2 Å². The SMILES string of the molecule is CN1Cc2nn(Cc3cccc(Nc4ccc(F)cc4Cl)c3)c(-c3ccccc3F)c2C1. The van der Waals surface area contributed by atoms with E-state index in [1.54, 1.807) is 18.2 Å². The van der Waals surface area contributed by atoms with E-state index in [-0.39, 0.29) is 11.6 Å². The van der Waals surface area contributed by atoms with Crippen LogP contribution >= 0.6 is 11.6 Å². The zero-order valence-corrected chi connectivity index (χ0v) is 18.2. The highest BCUT2D eigenvalue weighted by molar-refractivity contribution is 6.33. The summed E-state index contributed by atoms with van der Waals surface area (Å²) in [4.78, 5) is 2.17. The lowest BCUT2D eigenvalue weighted by molar-refractivity contribution is 0.346. The minimum absolute atomic E-state index is 0.257. The molecule has 162 valence electrons. The van der Waals surface area contributed by atoms with E-state index in [2.05, 4.69) is 10.2 Å². The summed E-state index contributed by atoms with van der Waals surface area (Å²) in [6.07, 6.45) is 0. The number of hydrogen-bond acceptors (Lipinski definition) is 3. The van der Waals surface area contributed by atoms with Crippen molar-refractivity contribution in [2.75, 3.05) is 12.4 Å². The highest BCUT2D eigenvalue weighted by Gasteiger charge is 2.27. The third-order valence-electron chi connectivity index (χ3n) is 5.58. The van der Waals surface area contributed by atoms with Crippen molar-refractivity contribution in [3.8, 4) is 11.3 Å². The van der Waals surface area contributed by atoms with Crippen molar-refractivity contribution in [3.05, 3.63) is 100 Å². The number of nitrogens with zero attached hydrogens (tertiary/aromatic N) is 3. The highest BCUT2D eigenvalue weighted by atomic mass is 35.5. The Morgan fingerprint density at radius 2 is 1.84 bits per heavy atom. The van der Waals surface area contributed by atoms with Gasteiger partial charge in [0.15, 0.2) is 0 Å². The Balaban J connectivity index is 1.48. The summed E-state index contributed by atoms with van der Waals surface area (Å²) in [7, 11) is 2.03. The molecule has 0 fully saturated rings. The van der Waals surface area contributed by atoms with Gasteiger partial charge in [-0.15, -0.1) is 0 Å². The molecule has 7 heteroatoms. The van der Waals surface area contributed by atoms with Crippen LogP contribution in [0.1, 0.15) is 16.8 Å². The summed E-state index contributed by atoms with van der Waals surface area (Å²) in [6.45, 7) is 1.98. The van der Waals surface area contributed by atoms with Gasteiger partial charge in [0, 0.05) is 29.9 Å². The van der Waals surface area contributed by atoms with E-state index in [0.29, 0.717) is 22.8 Å². The van der Waals surface area contributed by atoms with Gasteiger partial charge in [0.2, 0.25) is 0 Å². The molecule has 1 aliphatic heterocycles. The summed E-state index contributed by atoms with van der Waals surface area (Å²) in [5.74, 6) is -0.639. The van der Waals surface area contributed by atoms with Gasteiger partial charge in [0.05, 0.1) is 28.6 Å². The molecule has 1 N–H and O–H groups in total. The van der Waals surface area contributed by atoms with E-state index in [0.717, 1.165) is 41.3 Å². The fourth-order valence-electron chi connectivity index (χ4n) is 4.16. The lowest BCUT2D eigenvalue weighted by Crippen LogP contribution is -2.13. The Bertz CT molecular complexity index is 1300. The van der Waals surface area contributed by atoms with Crippen molar-refractivity contribution in [3.63, 3.8) is 0 Å². The smallest absolute Gasteiger partial charge is 0.132 e. The van der Waals surface area contributed by atoms with Crippen LogP contribution in [0.5, 0.6) is 0 Å². The average Bonchev–Trinajstić information content (AvgIpc) is 3.26. The molecule has 0 amide bonds. The van der Waals surface area contributed by atoms with Gasteiger partial charge >= 0.3 is 0 Å². The maximum absolute atomic E-state index is 14.7. The van der Waals surface area contributed by atoms with E-state index in [9.17, 15) is 8.78 Å². The van der Waals surface area contributed by atoms with E-state index >= 15 is 0 Å². The largest absolute Gasteiger partial charge is 0.354 e. The van der Waals surface area contributed by atoms with Gasteiger partial charge in [-0.05, 0) is 55.1 Å². The van der Waals surface area contributed by atoms with Crippen molar-refractivity contribution >= 4 is 23.0 Å². The van der Waals surface area contributed by atoms with E-state index in [4.69, 9.17) is 16.7 Å². The number of halogens is 3. The molecule has 3 aromatic carbocycles. The quantitative estimate of drug-likeness (QED) is 0.392. The second-order valence-corrected chi connectivity index (χ2v) is 8.44. The number of benzene rings is 3. The summed E-state index contributed by atoms with van der Waals surface area (Å²) in [5.41, 5.74) is 5.89. The first-order chi connectivity index (χ1) is 15.5. The van der Waals surface area contributed by atoms with Crippen LogP contribution in [0.4, 0.5) is 20.2 Å². The zero-order chi connectivity index (χ0) is 22.2. The zero-order valence-electron chi connectivity index (χ0n) is 17.4. The normalized spacial score (nSPS) is 13.4. The lowest BCUT2D eigenvalue weighted by atomic mass is 10.1. The number of anilines is 2. The molecule has 2 heterocycles. The lowest BCUT2D eigenvalue weighted by Gasteiger charge is -2.14. The van der Waals surface area contributed by atoms with Crippen molar-refractivity contribution in [1.82, 2.24) is 14.7 Å². The fraction of sp³-hybridized carbons (Fsp3) is 0.160. The maximum Gasteiger partial charge on any atom is 0.132 e. The molecule has 1 aromatic heterocycles. The van der Waals surface area contributed by atoms with Crippen LogP contribution in [0.15, 0.2) is 66.7 Å². The molecule has 0 bridgehead atoms. The monoisotopic (exact) mass is 450 g/mol. The Kier molecular flexibility index (Phi) is 5.41. The third kappa shape index (κ3) is 3.99. The first kappa shape index (κ1) is 20.7. The minimum atomic E-state index is -0.382. The minimum Gasteiger partial charge on any atom is -0.354 e. The van der Waals surface area contributed by atoms with E-state index in [1.807, 2.05) is 42.1 Å². The molecule has 4 aromatic rings. The van der Waals surface area contributed by atoms with Crippen molar-refractivity contribution in [1.29, 1.82) is 0 Å². The van der Waals surface area contributed by atoms with Crippen LogP contribution in [0, 0.1) is 11.6 Å². The molecule has 0 spiro atoms. The Labute approximate surface area is 190 Å². The second kappa shape index (κ2) is 8.37. The molecular weight excluding hydrogens is 430 g/mol. The Morgan fingerprint density at radius 1 is 1.00 bits per heavy atom. The second-order valence-electron chi connectivity index (χ2n) is 8.03. The Hall–Kier alpha value is -3.22. The first-order valence-corrected chi connectivity index (χ1v) is 10.7. The molecule has 0 aliphatic carbocycles. The molecule has 1 aliphatic rings. The molecule has 0 saturated heterocycles. The predicted octanol–water partition coefficient (Wildman–Crippen LogP) is 6.22.